The second-order valence-corrected chi connectivity index (χ2v) is 3.46. The predicted octanol–water partition coefficient (Wildman–Crippen LogP) is 2.32. The molecule has 0 amide bonds. The third-order valence-electron chi connectivity index (χ3n) is 2.63. The zero-order valence-corrected chi connectivity index (χ0v) is 8.92. The second kappa shape index (κ2) is 5.05. The van der Waals surface area contributed by atoms with Crippen molar-refractivity contribution in [2.45, 2.75) is 32.2 Å². The van der Waals surface area contributed by atoms with E-state index in [0.717, 1.165) is 6.42 Å². The standard InChI is InChI=1S/C11H17FN2/c1-4-10(13-3)8(2)11-9(12)6-5-7-14-11/h5-8,10,13H,4H2,1-3H3. The van der Waals surface area contributed by atoms with Crippen molar-refractivity contribution in [1.29, 1.82) is 0 Å². The number of nitrogens with one attached hydrogen (secondary N) is 1. The van der Waals surface area contributed by atoms with Gasteiger partial charge < -0.3 is 5.32 Å². The minimum absolute atomic E-state index is 0.103. The highest BCUT2D eigenvalue weighted by Gasteiger charge is 2.19. The Morgan fingerprint density at radius 3 is 2.79 bits per heavy atom. The van der Waals surface area contributed by atoms with Gasteiger partial charge in [0.2, 0.25) is 0 Å². The molecule has 1 aromatic heterocycles. The lowest BCUT2D eigenvalue weighted by molar-refractivity contribution is 0.447. The summed E-state index contributed by atoms with van der Waals surface area (Å²) < 4.78 is 13.4. The van der Waals surface area contributed by atoms with Gasteiger partial charge in [-0.15, -0.1) is 0 Å². The fourth-order valence-corrected chi connectivity index (χ4v) is 1.73. The number of rotatable bonds is 4. The van der Waals surface area contributed by atoms with Gasteiger partial charge in [-0.05, 0) is 25.6 Å². The first-order valence-corrected chi connectivity index (χ1v) is 4.98. The Balaban J connectivity index is 2.88. The van der Waals surface area contributed by atoms with E-state index in [0.29, 0.717) is 5.69 Å². The van der Waals surface area contributed by atoms with E-state index in [2.05, 4.69) is 17.2 Å². The molecule has 1 heterocycles. The van der Waals surface area contributed by atoms with E-state index in [-0.39, 0.29) is 17.8 Å². The highest BCUT2D eigenvalue weighted by Crippen LogP contribution is 2.21. The molecule has 0 bridgehead atoms. The molecule has 0 radical (unpaired) electrons. The average molecular weight is 196 g/mol. The molecule has 0 saturated carbocycles. The molecule has 3 heteroatoms. The molecule has 0 spiro atoms. The van der Waals surface area contributed by atoms with Crippen molar-refractivity contribution in [3.8, 4) is 0 Å². The summed E-state index contributed by atoms with van der Waals surface area (Å²) in [5, 5.41) is 3.17. The molecule has 2 nitrogen and oxygen atoms in total. The summed E-state index contributed by atoms with van der Waals surface area (Å²) in [7, 11) is 1.89. The third kappa shape index (κ3) is 2.29. The smallest absolute Gasteiger partial charge is 0.145 e. The first kappa shape index (κ1) is 11.1. The van der Waals surface area contributed by atoms with E-state index < -0.39 is 0 Å². The van der Waals surface area contributed by atoms with Gasteiger partial charge in [-0.25, -0.2) is 4.39 Å². The summed E-state index contributed by atoms with van der Waals surface area (Å²) in [6.45, 7) is 4.08. The molecule has 0 fully saturated rings. The van der Waals surface area contributed by atoms with Gasteiger partial charge in [-0.2, -0.15) is 0 Å². The molecule has 1 N–H and O–H groups in total. The molecule has 1 aromatic rings. The van der Waals surface area contributed by atoms with Crippen molar-refractivity contribution in [3.05, 3.63) is 29.8 Å². The number of pyridine rings is 1. The minimum atomic E-state index is -0.214. The molecule has 14 heavy (non-hydrogen) atoms. The first-order chi connectivity index (χ1) is 6.70. The minimum Gasteiger partial charge on any atom is -0.316 e. The lowest BCUT2D eigenvalue weighted by atomic mass is 9.95. The van der Waals surface area contributed by atoms with Crippen LogP contribution < -0.4 is 5.32 Å². The summed E-state index contributed by atoms with van der Waals surface area (Å²) >= 11 is 0. The zero-order chi connectivity index (χ0) is 10.6. The van der Waals surface area contributed by atoms with E-state index >= 15 is 0 Å². The lowest BCUT2D eigenvalue weighted by Gasteiger charge is -2.21. The van der Waals surface area contributed by atoms with Crippen LogP contribution in [0, 0.1) is 5.82 Å². The molecule has 0 aliphatic rings. The number of halogens is 1. The van der Waals surface area contributed by atoms with Gasteiger partial charge in [0, 0.05) is 18.2 Å². The van der Waals surface area contributed by atoms with Gasteiger partial charge in [0.15, 0.2) is 0 Å². The SMILES string of the molecule is CCC(NC)C(C)c1ncccc1F. The van der Waals surface area contributed by atoms with E-state index in [1.54, 1.807) is 12.3 Å². The highest BCUT2D eigenvalue weighted by atomic mass is 19.1. The highest BCUT2D eigenvalue weighted by molar-refractivity contribution is 5.13. The topological polar surface area (TPSA) is 24.9 Å². The Labute approximate surface area is 84.6 Å². The van der Waals surface area contributed by atoms with Crippen LogP contribution in [0.3, 0.4) is 0 Å². The van der Waals surface area contributed by atoms with Gasteiger partial charge in [0.1, 0.15) is 5.82 Å². The van der Waals surface area contributed by atoms with Gasteiger partial charge in [-0.3, -0.25) is 4.98 Å². The number of hydrogen-bond donors (Lipinski definition) is 1. The number of hydrogen-bond acceptors (Lipinski definition) is 2. The maximum absolute atomic E-state index is 13.4. The van der Waals surface area contributed by atoms with Crippen molar-refractivity contribution in [2.75, 3.05) is 7.05 Å². The summed E-state index contributed by atoms with van der Waals surface area (Å²) in [5.41, 5.74) is 0.550. The molecule has 0 aromatic carbocycles. The van der Waals surface area contributed by atoms with E-state index in [1.165, 1.54) is 6.07 Å². The molecule has 0 saturated heterocycles. The number of likely N-dealkylation sites (N-methyl/N-ethyl adjacent to an activating group) is 1. The first-order valence-electron chi connectivity index (χ1n) is 4.98. The van der Waals surface area contributed by atoms with Gasteiger partial charge >= 0.3 is 0 Å². The Hall–Kier alpha value is -0.960. The fraction of sp³-hybridized carbons (Fsp3) is 0.545. The third-order valence-corrected chi connectivity index (χ3v) is 2.63. The number of nitrogens with zero attached hydrogens (tertiary/aromatic N) is 1. The van der Waals surface area contributed by atoms with Gasteiger partial charge in [0.05, 0.1) is 5.69 Å². The van der Waals surface area contributed by atoms with E-state index in [1.807, 2.05) is 14.0 Å². The quantitative estimate of drug-likeness (QED) is 0.799. The summed E-state index contributed by atoms with van der Waals surface area (Å²) in [5.74, 6) is -0.111. The molecular formula is C11H17FN2. The monoisotopic (exact) mass is 196 g/mol. The van der Waals surface area contributed by atoms with Crippen molar-refractivity contribution >= 4 is 0 Å². The Morgan fingerprint density at radius 2 is 2.29 bits per heavy atom. The van der Waals surface area contributed by atoms with Crippen LogP contribution in [0.25, 0.3) is 0 Å². The Kier molecular flexibility index (Phi) is 4.01. The van der Waals surface area contributed by atoms with Gasteiger partial charge in [0.25, 0.3) is 0 Å². The second-order valence-electron chi connectivity index (χ2n) is 3.46. The van der Waals surface area contributed by atoms with Crippen LogP contribution in [0.4, 0.5) is 4.39 Å². The van der Waals surface area contributed by atoms with Crippen molar-refractivity contribution in [3.63, 3.8) is 0 Å². The largest absolute Gasteiger partial charge is 0.316 e. The van der Waals surface area contributed by atoms with Crippen LogP contribution >= 0.6 is 0 Å². The normalized spacial score (nSPS) is 15.1. The molecule has 2 unspecified atom stereocenters. The maximum Gasteiger partial charge on any atom is 0.145 e. The van der Waals surface area contributed by atoms with Crippen LogP contribution in [0.1, 0.15) is 31.9 Å². The Bertz CT molecular complexity index is 284. The molecular weight excluding hydrogens is 179 g/mol. The molecule has 78 valence electrons. The van der Waals surface area contributed by atoms with Gasteiger partial charge in [-0.1, -0.05) is 13.8 Å². The predicted molar refractivity (Wildman–Crippen MR) is 55.7 cm³/mol. The molecule has 1 rings (SSSR count). The average Bonchev–Trinajstić information content (AvgIpc) is 2.20. The van der Waals surface area contributed by atoms with Crippen molar-refractivity contribution < 1.29 is 4.39 Å². The van der Waals surface area contributed by atoms with Crippen LogP contribution in [-0.4, -0.2) is 18.1 Å². The number of aromatic nitrogens is 1. The molecule has 0 aliphatic heterocycles. The summed E-state index contributed by atoms with van der Waals surface area (Å²) in [6.07, 6.45) is 2.60. The van der Waals surface area contributed by atoms with Crippen LogP contribution in [-0.2, 0) is 0 Å². The zero-order valence-electron chi connectivity index (χ0n) is 8.92. The van der Waals surface area contributed by atoms with Crippen LogP contribution in [0.15, 0.2) is 18.3 Å². The van der Waals surface area contributed by atoms with E-state index in [9.17, 15) is 4.39 Å². The Morgan fingerprint density at radius 1 is 1.57 bits per heavy atom. The maximum atomic E-state index is 13.4. The molecule has 2 atom stereocenters. The fourth-order valence-electron chi connectivity index (χ4n) is 1.73. The molecule has 0 aliphatic carbocycles. The van der Waals surface area contributed by atoms with Crippen molar-refractivity contribution in [1.82, 2.24) is 10.3 Å². The summed E-state index contributed by atoms with van der Waals surface area (Å²) in [6, 6.07) is 3.35. The van der Waals surface area contributed by atoms with E-state index in [4.69, 9.17) is 0 Å². The van der Waals surface area contributed by atoms with Crippen LogP contribution in [0.5, 0.6) is 0 Å². The lowest BCUT2D eigenvalue weighted by Crippen LogP contribution is -2.30. The van der Waals surface area contributed by atoms with Crippen molar-refractivity contribution in [2.24, 2.45) is 0 Å². The summed E-state index contributed by atoms with van der Waals surface area (Å²) in [4.78, 5) is 4.08. The van der Waals surface area contributed by atoms with Crippen LogP contribution in [0.2, 0.25) is 0 Å².